The Morgan fingerprint density at radius 1 is 1.38 bits per heavy atom. The van der Waals surface area contributed by atoms with Crippen LogP contribution in [0.2, 0.25) is 0 Å². The summed E-state index contributed by atoms with van der Waals surface area (Å²) in [6, 6.07) is 8.80. The summed E-state index contributed by atoms with van der Waals surface area (Å²) in [6.45, 7) is 6.93. The molecule has 1 N–H and O–H groups in total. The van der Waals surface area contributed by atoms with Crippen molar-refractivity contribution in [2.75, 3.05) is 13.2 Å². The highest BCUT2D eigenvalue weighted by Crippen LogP contribution is 2.34. The monoisotopic (exact) mass is 285 g/mol. The number of rotatable bonds is 5. The van der Waals surface area contributed by atoms with Crippen molar-refractivity contribution in [1.29, 1.82) is 0 Å². The zero-order chi connectivity index (χ0) is 14.7. The van der Waals surface area contributed by atoms with E-state index in [-0.39, 0.29) is 0 Å². The van der Waals surface area contributed by atoms with Gasteiger partial charge in [-0.1, -0.05) is 18.2 Å². The number of benzene rings is 1. The average Bonchev–Trinajstić information content (AvgIpc) is 3.10. The van der Waals surface area contributed by atoms with Crippen LogP contribution < -0.4 is 4.74 Å². The topological polar surface area (TPSA) is 41.1 Å². The van der Waals surface area contributed by atoms with Crippen LogP contribution in [0.3, 0.4) is 0 Å². The van der Waals surface area contributed by atoms with Crippen LogP contribution in [0.15, 0.2) is 30.5 Å². The molecule has 1 unspecified atom stereocenters. The SMILES string of the molecule is CCOc1ccccc1CN1CCCC1c1[nH]ncc1C. The number of hydrogen-bond donors (Lipinski definition) is 1. The van der Waals surface area contributed by atoms with Gasteiger partial charge in [-0.15, -0.1) is 0 Å². The molecule has 0 aliphatic carbocycles. The van der Waals surface area contributed by atoms with Gasteiger partial charge in [0.25, 0.3) is 0 Å². The van der Waals surface area contributed by atoms with Gasteiger partial charge in [0.05, 0.1) is 24.5 Å². The van der Waals surface area contributed by atoms with Gasteiger partial charge in [-0.3, -0.25) is 10.00 Å². The van der Waals surface area contributed by atoms with Crippen molar-refractivity contribution in [3.8, 4) is 5.75 Å². The largest absolute Gasteiger partial charge is 0.494 e. The van der Waals surface area contributed by atoms with Crippen LogP contribution in [0.4, 0.5) is 0 Å². The smallest absolute Gasteiger partial charge is 0.123 e. The number of hydrogen-bond acceptors (Lipinski definition) is 3. The number of para-hydroxylation sites is 1. The first-order chi connectivity index (χ1) is 10.3. The molecule has 1 aromatic carbocycles. The van der Waals surface area contributed by atoms with Crippen LogP contribution in [-0.2, 0) is 6.54 Å². The Morgan fingerprint density at radius 2 is 2.24 bits per heavy atom. The van der Waals surface area contributed by atoms with E-state index in [4.69, 9.17) is 4.74 Å². The number of aryl methyl sites for hydroxylation is 1. The van der Waals surface area contributed by atoms with Crippen LogP contribution in [0, 0.1) is 6.92 Å². The summed E-state index contributed by atoms with van der Waals surface area (Å²) in [4.78, 5) is 2.53. The summed E-state index contributed by atoms with van der Waals surface area (Å²) in [7, 11) is 0. The summed E-state index contributed by atoms with van der Waals surface area (Å²) in [5, 5.41) is 7.36. The molecule has 0 amide bonds. The Bertz CT molecular complexity index is 593. The lowest BCUT2D eigenvalue weighted by Gasteiger charge is -2.25. The van der Waals surface area contributed by atoms with Gasteiger partial charge in [-0.25, -0.2) is 0 Å². The first-order valence-electron chi connectivity index (χ1n) is 7.74. The number of H-pyrrole nitrogens is 1. The molecule has 2 aromatic rings. The fourth-order valence-corrected chi connectivity index (χ4v) is 3.19. The normalized spacial score (nSPS) is 19.0. The van der Waals surface area contributed by atoms with Crippen LogP contribution >= 0.6 is 0 Å². The van der Waals surface area contributed by atoms with E-state index in [1.165, 1.54) is 29.7 Å². The van der Waals surface area contributed by atoms with Gasteiger partial charge in [0.1, 0.15) is 5.75 Å². The number of likely N-dealkylation sites (tertiary alicyclic amines) is 1. The Hall–Kier alpha value is -1.81. The van der Waals surface area contributed by atoms with E-state index >= 15 is 0 Å². The van der Waals surface area contributed by atoms with E-state index in [0.29, 0.717) is 12.6 Å². The van der Waals surface area contributed by atoms with E-state index in [1.807, 2.05) is 19.2 Å². The van der Waals surface area contributed by atoms with Crippen molar-refractivity contribution < 1.29 is 4.74 Å². The second kappa shape index (κ2) is 6.31. The maximum absolute atomic E-state index is 5.75. The average molecular weight is 285 g/mol. The lowest BCUT2D eigenvalue weighted by atomic mass is 10.1. The number of aromatic nitrogens is 2. The third-order valence-electron chi connectivity index (χ3n) is 4.21. The number of nitrogens with one attached hydrogen (secondary N) is 1. The number of aromatic amines is 1. The summed E-state index contributed by atoms with van der Waals surface area (Å²) >= 11 is 0. The fraction of sp³-hybridized carbons (Fsp3) is 0.471. The van der Waals surface area contributed by atoms with Gasteiger partial charge in [-0.05, 0) is 44.9 Å². The van der Waals surface area contributed by atoms with E-state index < -0.39 is 0 Å². The highest BCUT2D eigenvalue weighted by molar-refractivity contribution is 5.33. The van der Waals surface area contributed by atoms with Crippen molar-refractivity contribution in [1.82, 2.24) is 15.1 Å². The van der Waals surface area contributed by atoms with E-state index in [0.717, 1.165) is 18.8 Å². The molecular formula is C17H23N3O. The molecule has 0 bridgehead atoms. The van der Waals surface area contributed by atoms with Gasteiger partial charge in [-0.2, -0.15) is 5.10 Å². The fourth-order valence-electron chi connectivity index (χ4n) is 3.19. The Balaban J connectivity index is 1.79. The molecule has 1 atom stereocenters. The Kier molecular flexibility index (Phi) is 4.25. The first-order valence-corrected chi connectivity index (χ1v) is 7.74. The van der Waals surface area contributed by atoms with Gasteiger partial charge >= 0.3 is 0 Å². The molecule has 2 heterocycles. The minimum atomic E-state index is 0.446. The summed E-state index contributed by atoms with van der Waals surface area (Å²) in [5.74, 6) is 1.01. The van der Waals surface area contributed by atoms with Crippen LogP contribution in [0.1, 0.15) is 42.6 Å². The molecule has 0 spiro atoms. The van der Waals surface area contributed by atoms with Crippen LogP contribution in [-0.4, -0.2) is 28.2 Å². The predicted molar refractivity (Wildman–Crippen MR) is 83.3 cm³/mol. The Labute approximate surface area is 126 Å². The molecule has 112 valence electrons. The number of nitrogens with zero attached hydrogens (tertiary/aromatic N) is 2. The maximum atomic E-state index is 5.75. The lowest BCUT2D eigenvalue weighted by molar-refractivity contribution is 0.237. The van der Waals surface area contributed by atoms with Crippen molar-refractivity contribution in [3.63, 3.8) is 0 Å². The van der Waals surface area contributed by atoms with E-state index in [2.05, 4.69) is 40.2 Å². The molecule has 0 radical (unpaired) electrons. The van der Waals surface area contributed by atoms with Crippen LogP contribution in [0.25, 0.3) is 0 Å². The summed E-state index contributed by atoms with van der Waals surface area (Å²) < 4.78 is 5.75. The molecule has 1 aliphatic heterocycles. The third-order valence-corrected chi connectivity index (χ3v) is 4.21. The molecule has 21 heavy (non-hydrogen) atoms. The summed E-state index contributed by atoms with van der Waals surface area (Å²) in [5.41, 5.74) is 3.79. The van der Waals surface area contributed by atoms with Crippen LogP contribution in [0.5, 0.6) is 5.75 Å². The zero-order valence-corrected chi connectivity index (χ0v) is 12.8. The van der Waals surface area contributed by atoms with Gasteiger partial charge in [0.15, 0.2) is 0 Å². The van der Waals surface area contributed by atoms with Crippen molar-refractivity contribution in [2.24, 2.45) is 0 Å². The van der Waals surface area contributed by atoms with Crippen molar-refractivity contribution in [3.05, 3.63) is 47.3 Å². The van der Waals surface area contributed by atoms with E-state index in [9.17, 15) is 0 Å². The maximum Gasteiger partial charge on any atom is 0.123 e. The second-order valence-electron chi connectivity index (χ2n) is 5.64. The molecule has 1 saturated heterocycles. The lowest BCUT2D eigenvalue weighted by Crippen LogP contribution is -2.24. The molecular weight excluding hydrogens is 262 g/mol. The standard InChI is InChI=1S/C17H23N3O/c1-3-21-16-9-5-4-7-14(16)12-20-10-6-8-15(20)17-13(2)11-18-19-17/h4-5,7,9,11,15H,3,6,8,10,12H2,1-2H3,(H,18,19). The molecule has 1 aromatic heterocycles. The summed E-state index contributed by atoms with van der Waals surface area (Å²) in [6.07, 6.45) is 4.35. The van der Waals surface area contributed by atoms with Gasteiger partial charge in [0.2, 0.25) is 0 Å². The highest BCUT2D eigenvalue weighted by atomic mass is 16.5. The first kappa shape index (κ1) is 14.1. The minimum Gasteiger partial charge on any atom is -0.494 e. The molecule has 1 fully saturated rings. The van der Waals surface area contributed by atoms with Gasteiger partial charge in [0, 0.05) is 12.1 Å². The molecule has 4 heteroatoms. The van der Waals surface area contributed by atoms with Gasteiger partial charge < -0.3 is 4.74 Å². The molecule has 3 rings (SSSR count). The quantitative estimate of drug-likeness (QED) is 0.914. The minimum absolute atomic E-state index is 0.446. The van der Waals surface area contributed by atoms with Crippen molar-refractivity contribution in [2.45, 2.75) is 39.3 Å². The molecule has 4 nitrogen and oxygen atoms in total. The highest BCUT2D eigenvalue weighted by Gasteiger charge is 2.28. The number of ether oxygens (including phenoxy) is 1. The predicted octanol–water partition coefficient (Wildman–Crippen LogP) is 3.45. The Morgan fingerprint density at radius 3 is 3.00 bits per heavy atom. The van der Waals surface area contributed by atoms with E-state index in [1.54, 1.807) is 0 Å². The molecule has 0 saturated carbocycles. The molecule has 1 aliphatic rings. The third kappa shape index (κ3) is 2.95. The zero-order valence-electron chi connectivity index (χ0n) is 12.8. The second-order valence-corrected chi connectivity index (χ2v) is 5.64. The van der Waals surface area contributed by atoms with Crippen molar-refractivity contribution >= 4 is 0 Å².